The highest BCUT2D eigenvalue weighted by Gasteiger charge is 1.98. The Morgan fingerprint density at radius 1 is 1.33 bits per heavy atom. The third-order valence-electron chi connectivity index (χ3n) is 1.71. The molecule has 0 aliphatic rings. The highest BCUT2D eigenvalue weighted by molar-refractivity contribution is 7.71. The van der Waals surface area contributed by atoms with Crippen LogP contribution in [0, 0.1) is 11.7 Å². The van der Waals surface area contributed by atoms with E-state index in [1.54, 1.807) is 13.0 Å². The molecular weight excluding hydrogens is 174 g/mol. The molecule has 0 fully saturated rings. The van der Waals surface area contributed by atoms with Crippen LogP contribution >= 0.6 is 12.2 Å². The number of nitrogens with one attached hydrogen (secondary N) is 3. The monoisotopic (exact) mass is 181 g/mol. The SMILES string of the molecule is Cc1cc2[nH]c(=S)[nH]c2[nH]c1=O. The average molecular weight is 181 g/mol. The standard InChI is InChI=1S/C7H7N3OS/c1-3-2-4-5(9-6(3)11)10-7(12)8-4/h2H,1H3,(H3,8,9,10,11,12). The van der Waals surface area contributed by atoms with Gasteiger partial charge in [0.05, 0.1) is 5.52 Å². The van der Waals surface area contributed by atoms with Crippen LogP contribution in [0.5, 0.6) is 0 Å². The summed E-state index contributed by atoms with van der Waals surface area (Å²) in [6, 6.07) is 1.76. The lowest BCUT2D eigenvalue weighted by Crippen LogP contribution is -2.08. The molecular formula is C7H7N3OS. The van der Waals surface area contributed by atoms with Gasteiger partial charge in [-0.25, -0.2) is 0 Å². The van der Waals surface area contributed by atoms with Crippen molar-refractivity contribution in [1.82, 2.24) is 15.0 Å². The minimum Gasteiger partial charge on any atom is -0.329 e. The molecule has 4 nitrogen and oxygen atoms in total. The number of imidazole rings is 1. The van der Waals surface area contributed by atoms with E-state index in [4.69, 9.17) is 12.2 Å². The van der Waals surface area contributed by atoms with Crippen LogP contribution in [0.3, 0.4) is 0 Å². The Balaban J connectivity index is 3.01. The highest BCUT2D eigenvalue weighted by Crippen LogP contribution is 2.04. The van der Waals surface area contributed by atoms with E-state index in [-0.39, 0.29) is 5.56 Å². The van der Waals surface area contributed by atoms with Gasteiger partial charge in [0, 0.05) is 5.56 Å². The summed E-state index contributed by atoms with van der Waals surface area (Å²) in [6.07, 6.45) is 0. The quantitative estimate of drug-likeness (QED) is 0.535. The Morgan fingerprint density at radius 3 is 2.83 bits per heavy atom. The maximum absolute atomic E-state index is 11.1. The Kier molecular flexibility index (Phi) is 1.41. The predicted molar refractivity (Wildman–Crippen MR) is 48.8 cm³/mol. The fourth-order valence-electron chi connectivity index (χ4n) is 1.10. The second kappa shape index (κ2) is 2.31. The molecule has 0 unspecified atom stereocenters. The number of aromatic nitrogens is 3. The molecule has 0 amide bonds. The summed E-state index contributed by atoms with van der Waals surface area (Å²) in [5, 5.41) is 0. The molecule has 0 aromatic carbocycles. The van der Waals surface area contributed by atoms with Crippen molar-refractivity contribution >= 4 is 23.4 Å². The smallest absolute Gasteiger partial charge is 0.252 e. The molecule has 0 saturated carbocycles. The maximum atomic E-state index is 11.1. The van der Waals surface area contributed by atoms with E-state index >= 15 is 0 Å². The first-order valence-electron chi connectivity index (χ1n) is 3.49. The van der Waals surface area contributed by atoms with Crippen LogP contribution in [-0.4, -0.2) is 15.0 Å². The van der Waals surface area contributed by atoms with E-state index in [0.717, 1.165) is 5.52 Å². The fourth-order valence-corrected chi connectivity index (χ4v) is 1.31. The lowest BCUT2D eigenvalue weighted by molar-refractivity contribution is 1.20. The van der Waals surface area contributed by atoms with Gasteiger partial charge in [-0.15, -0.1) is 0 Å². The van der Waals surface area contributed by atoms with Crippen molar-refractivity contribution in [3.8, 4) is 0 Å². The van der Waals surface area contributed by atoms with Gasteiger partial charge in [0.15, 0.2) is 4.77 Å². The Bertz CT molecular complexity index is 533. The molecule has 3 N–H and O–H groups in total. The summed E-state index contributed by atoms with van der Waals surface area (Å²) in [7, 11) is 0. The van der Waals surface area contributed by atoms with Gasteiger partial charge in [-0.05, 0) is 25.2 Å². The van der Waals surface area contributed by atoms with Crippen LogP contribution in [0.25, 0.3) is 11.2 Å². The molecule has 0 aliphatic heterocycles. The van der Waals surface area contributed by atoms with Crippen molar-refractivity contribution in [3.63, 3.8) is 0 Å². The van der Waals surface area contributed by atoms with Crippen LogP contribution in [0.15, 0.2) is 10.9 Å². The third-order valence-corrected chi connectivity index (χ3v) is 1.92. The molecule has 12 heavy (non-hydrogen) atoms. The second-order valence-corrected chi connectivity index (χ2v) is 3.06. The molecule has 0 spiro atoms. The summed E-state index contributed by atoms with van der Waals surface area (Å²) < 4.78 is 0.520. The summed E-state index contributed by atoms with van der Waals surface area (Å²) in [5.41, 5.74) is 2.06. The number of hydrogen-bond acceptors (Lipinski definition) is 2. The molecule has 0 aliphatic carbocycles. The van der Waals surface area contributed by atoms with E-state index in [0.29, 0.717) is 16.0 Å². The number of rotatable bonds is 0. The molecule has 2 heterocycles. The molecule has 0 saturated heterocycles. The fraction of sp³-hybridized carbons (Fsp3) is 0.143. The van der Waals surface area contributed by atoms with Crippen LogP contribution in [0.1, 0.15) is 5.56 Å². The molecule has 5 heteroatoms. The first-order valence-corrected chi connectivity index (χ1v) is 3.89. The van der Waals surface area contributed by atoms with Gasteiger partial charge in [0.25, 0.3) is 5.56 Å². The van der Waals surface area contributed by atoms with E-state index in [1.807, 2.05) is 0 Å². The highest BCUT2D eigenvalue weighted by atomic mass is 32.1. The predicted octanol–water partition coefficient (Wildman–Crippen LogP) is 1.22. The molecule has 2 aromatic rings. The molecule has 0 atom stereocenters. The van der Waals surface area contributed by atoms with Crippen molar-refractivity contribution in [3.05, 3.63) is 26.8 Å². The zero-order valence-electron chi connectivity index (χ0n) is 6.39. The largest absolute Gasteiger partial charge is 0.329 e. The van der Waals surface area contributed by atoms with Crippen molar-refractivity contribution in [1.29, 1.82) is 0 Å². The van der Waals surface area contributed by atoms with Gasteiger partial charge in [0.2, 0.25) is 0 Å². The minimum absolute atomic E-state index is 0.0900. The molecule has 0 bridgehead atoms. The lowest BCUT2D eigenvalue weighted by Gasteiger charge is -1.90. The zero-order valence-corrected chi connectivity index (χ0v) is 7.21. The number of aromatic amines is 3. The average Bonchev–Trinajstić information content (AvgIpc) is 2.30. The second-order valence-electron chi connectivity index (χ2n) is 2.65. The van der Waals surface area contributed by atoms with E-state index in [2.05, 4.69) is 15.0 Å². The van der Waals surface area contributed by atoms with Gasteiger partial charge in [0.1, 0.15) is 5.65 Å². The van der Waals surface area contributed by atoms with Gasteiger partial charge in [-0.3, -0.25) is 4.79 Å². The van der Waals surface area contributed by atoms with Gasteiger partial charge in [-0.2, -0.15) is 0 Å². The minimum atomic E-state index is -0.0900. The number of aryl methyl sites for hydroxylation is 1. The summed E-state index contributed by atoms with van der Waals surface area (Å²) in [5.74, 6) is 0. The topological polar surface area (TPSA) is 64.4 Å². The van der Waals surface area contributed by atoms with E-state index in [1.165, 1.54) is 0 Å². The van der Waals surface area contributed by atoms with Crippen molar-refractivity contribution in [2.75, 3.05) is 0 Å². The number of fused-ring (bicyclic) bond motifs is 1. The van der Waals surface area contributed by atoms with Gasteiger partial charge in [-0.1, -0.05) is 0 Å². The number of H-pyrrole nitrogens is 3. The molecule has 2 aromatic heterocycles. The first-order chi connectivity index (χ1) is 5.66. The van der Waals surface area contributed by atoms with Crippen molar-refractivity contribution in [2.24, 2.45) is 0 Å². The maximum Gasteiger partial charge on any atom is 0.252 e. The summed E-state index contributed by atoms with van der Waals surface area (Å²) >= 11 is 4.87. The first kappa shape index (κ1) is 7.30. The van der Waals surface area contributed by atoms with Gasteiger partial charge >= 0.3 is 0 Å². The summed E-state index contributed by atoms with van der Waals surface area (Å²) in [4.78, 5) is 19.5. The van der Waals surface area contributed by atoms with Crippen LogP contribution in [0.4, 0.5) is 0 Å². The molecule has 2 rings (SSSR count). The summed E-state index contributed by atoms with van der Waals surface area (Å²) in [6.45, 7) is 1.75. The number of pyridine rings is 1. The molecule has 0 radical (unpaired) electrons. The zero-order chi connectivity index (χ0) is 8.72. The van der Waals surface area contributed by atoms with Crippen molar-refractivity contribution < 1.29 is 0 Å². The van der Waals surface area contributed by atoms with Crippen LogP contribution in [-0.2, 0) is 0 Å². The Hall–Kier alpha value is -1.36. The normalized spacial score (nSPS) is 10.8. The van der Waals surface area contributed by atoms with Crippen LogP contribution < -0.4 is 5.56 Å². The lowest BCUT2D eigenvalue weighted by atomic mass is 10.3. The van der Waals surface area contributed by atoms with E-state index in [9.17, 15) is 4.79 Å². The number of hydrogen-bond donors (Lipinski definition) is 3. The van der Waals surface area contributed by atoms with Crippen LogP contribution in [0.2, 0.25) is 0 Å². The Morgan fingerprint density at radius 2 is 2.08 bits per heavy atom. The molecule has 62 valence electrons. The third kappa shape index (κ3) is 0.984. The Labute approximate surface area is 72.6 Å². The van der Waals surface area contributed by atoms with Gasteiger partial charge < -0.3 is 15.0 Å². The van der Waals surface area contributed by atoms with E-state index < -0.39 is 0 Å². The van der Waals surface area contributed by atoms with Crippen molar-refractivity contribution in [2.45, 2.75) is 6.92 Å².